The summed E-state index contributed by atoms with van der Waals surface area (Å²) in [5.74, 6) is -1.19. The molecule has 0 aliphatic heterocycles. The quantitative estimate of drug-likeness (QED) is 0.368. The second-order valence-electron chi connectivity index (χ2n) is 3.01. The van der Waals surface area contributed by atoms with Crippen molar-refractivity contribution < 1.29 is 14.7 Å². The molecule has 78 valence electrons. The predicted octanol–water partition coefficient (Wildman–Crippen LogP) is 2.19. The van der Waals surface area contributed by atoms with Crippen LogP contribution in [0, 0.1) is 5.92 Å². The second kappa shape index (κ2) is 8.23. The number of aldehydes is 1. The molecule has 0 amide bonds. The molecule has 0 saturated heterocycles. The summed E-state index contributed by atoms with van der Waals surface area (Å²) in [7, 11) is 0. The van der Waals surface area contributed by atoms with Gasteiger partial charge in [-0.1, -0.05) is 18.2 Å². The summed E-state index contributed by atoms with van der Waals surface area (Å²) >= 11 is 0. The van der Waals surface area contributed by atoms with E-state index in [-0.39, 0.29) is 5.92 Å². The third-order valence-corrected chi connectivity index (χ3v) is 1.84. The number of rotatable bonds is 8. The molecule has 0 aromatic heterocycles. The van der Waals surface area contributed by atoms with Gasteiger partial charge in [-0.3, -0.25) is 4.79 Å². The van der Waals surface area contributed by atoms with Gasteiger partial charge >= 0.3 is 5.97 Å². The van der Waals surface area contributed by atoms with E-state index in [9.17, 15) is 9.59 Å². The van der Waals surface area contributed by atoms with Crippen LogP contribution in [-0.2, 0) is 9.59 Å². The lowest BCUT2D eigenvalue weighted by molar-refractivity contribution is -0.141. The molecule has 0 heterocycles. The Labute approximate surface area is 84.1 Å². The summed E-state index contributed by atoms with van der Waals surface area (Å²) in [6.45, 7) is 3.51. The number of aliphatic carboxylic acids is 1. The van der Waals surface area contributed by atoms with E-state index in [0.717, 1.165) is 6.29 Å². The molecule has 1 atom stereocenters. The van der Waals surface area contributed by atoms with Gasteiger partial charge in [-0.25, -0.2) is 0 Å². The van der Waals surface area contributed by atoms with Gasteiger partial charge in [0.2, 0.25) is 0 Å². The number of carbonyl (C=O) groups is 2. The zero-order chi connectivity index (χ0) is 10.8. The molecule has 1 unspecified atom stereocenters. The summed E-state index contributed by atoms with van der Waals surface area (Å²) in [5.41, 5.74) is 0. The van der Waals surface area contributed by atoms with Gasteiger partial charge in [-0.2, -0.15) is 0 Å². The first kappa shape index (κ1) is 12.6. The average Bonchev–Trinajstić information content (AvgIpc) is 2.15. The Bertz CT molecular complexity index is 219. The molecule has 3 heteroatoms. The van der Waals surface area contributed by atoms with Crippen LogP contribution < -0.4 is 0 Å². The maximum Gasteiger partial charge on any atom is 0.307 e. The van der Waals surface area contributed by atoms with Crippen LogP contribution in [0.3, 0.4) is 0 Å². The first-order valence-corrected chi connectivity index (χ1v) is 4.64. The van der Waals surface area contributed by atoms with Crippen molar-refractivity contribution in [2.75, 3.05) is 0 Å². The van der Waals surface area contributed by atoms with Crippen molar-refractivity contribution in [2.24, 2.45) is 5.92 Å². The van der Waals surface area contributed by atoms with Crippen molar-refractivity contribution in [1.29, 1.82) is 0 Å². The standard InChI is InChI=1S/C11H16O3/c1-2-7-10(11(13)14)8-5-3-4-6-9-12/h2-3,5,9-10H,1,4,6-8H2,(H,13,14)/b5-3+. The predicted molar refractivity (Wildman–Crippen MR) is 55.0 cm³/mol. The lowest BCUT2D eigenvalue weighted by Gasteiger charge is -2.05. The smallest absolute Gasteiger partial charge is 0.307 e. The zero-order valence-electron chi connectivity index (χ0n) is 8.19. The van der Waals surface area contributed by atoms with Crippen LogP contribution in [0.5, 0.6) is 0 Å². The molecule has 3 nitrogen and oxygen atoms in total. The number of carbonyl (C=O) groups excluding carboxylic acids is 1. The maximum absolute atomic E-state index is 10.7. The molecule has 0 aromatic rings. The number of unbranched alkanes of at least 4 members (excludes halogenated alkanes) is 1. The minimum absolute atomic E-state index is 0.389. The van der Waals surface area contributed by atoms with Crippen LogP contribution in [0.25, 0.3) is 0 Å². The highest BCUT2D eigenvalue weighted by Gasteiger charge is 2.12. The van der Waals surface area contributed by atoms with Crippen molar-refractivity contribution in [2.45, 2.75) is 25.7 Å². The molecular weight excluding hydrogens is 180 g/mol. The highest BCUT2D eigenvalue weighted by molar-refractivity contribution is 5.70. The number of allylic oxidation sites excluding steroid dienone is 3. The number of carboxylic acid groups (broad SMARTS) is 1. The summed E-state index contributed by atoms with van der Waals surface area (Å²) in [4.78, 5) is 20.6. The Hall–Kier alpha value is -1.38. The molecule has 0 aromatic carbocycles. The van der Waals surface area contributed by atoms with E-state index in [2.05, 4.69) is 6.58 Å². The molecule has 0 spiro atoms. The van der Waals surface area contributed by atoms with E-state index in [1.807, 2.05) is 12.2 Å². The SMILES string of the molecule is C=CCC(C/C=C/CCC=O)C(=O)O. The third-order valence-electron chi connectivity index (χ3n) is 1.84. The average molecular weight is 196 g/mol. The van der Waals surface area contributed by atoms with Crippen molar-refractivity contribution in [3.05, 3.63) is 24.8 Å². The van der Waals surface area contributed by atoms with Crippen LogP contribution in [0.4, 0.5) is 0 Å². The van der Waals surface area contributed by atoms with E-state index in [0.29, 0.717) is 25.7 Å². The summed E-state index contributed by atoms with van der Waals surface area (Å²) in [5, 5.41) is 8.77. The maximum atomic E-state index is 10.7. The topological polar surface area (TPSA) is 54.4 Å². The van der Waals surface area contributed by atoms with Gasteiger partial charge in [0, 0.05) is 6.42 Å². The Morgan fingerprint density at radius 1 is 1.29 bits per heavy atom. The van der Waals surface area contributed by atoms with Crippen molar-refractivity contribution in [3.63, 3.8) is 0 Å². The Morgan fingerprint density at radius 2 is 2.00 bits per heavy atom. The number of hydrogen-bond acceptors (Lipinski definition) is 2. The van der Waals surface area contributed by atoms with Gasteiger partial charge in [-0.05, 0) is 19.3 Å². The molecule has 14 heavy (non-hydrogen) atoms. The van der Waals surface area contributed by atoms with Crippen LogP contribution in [-0.4, -0.2) is 17.4 Å². The molecule has 0 aliphatic rings. The Balaban J connectivity index is 3.80. The number of carboxylic acids is 1. The Morgan fingerprint density at radius 3 is 2.50 bits per heavy atom. The zero-order valence-corrected chi connectivity index (χ0v) is 8.19. The van der Waals surface area contributed by atoms with Gasteiger partial charge < -0.3 is 9.90 Å². The highest BCUT2D eigenvalue weighted by Crippen LogP contribution is 2.10. The van der Waals surface area contributed by atoms with E-state index >= 15 is 0 Å². The first-order chi connectivity index (χ1) is 6.72. The van der Waals surface area contributed by atoms with Crippen LogP contribution in [0.1, 0.15) is 25.7 Å². The minimum atomic E-state index is -0.801. The van der Waals surface area contributed by atoms with Crippen LogP contribution in [0.15, 0.2) is 24.8 Å². The van der Waals surface area contributed by atoms with E-state index in [1.54, 1.807) is 6.08 Å². The largest absolute Gasteiger partial charge is 0.481 e. The third kappa shape index (κ3) is 6.17. The van der Waals surface area contributed by atoms with E-state index in [1.165, 1.54) is 0 Å². The van der Waals surface area contributed by atoms with Crippen LogP contribution >= 0.6 is 0 Å². The monoisotopic (exact) mass is 196 g/mol. The van der Waals surface area contributed by atoms with Gasteiger partial charge in [0.15, 0.2) is 0 Å². The molecule has 0 bridgehead atoms. The molecule has 0 saturated carbocycles. The summed E-state index contributed by atoms with van der Waals surface area (Å²) < 4.78 is 0. The number of hydrogen-bond donors (Lipinski definition) is 1. The fourth-order valence-corrected chi connectivity index (χ4v) is 1.04. The molecule has 1 N–H and O–H groups in total. The minimum Gasteiger partial charge on any atom is -0.481 e. The van der Waals surface area contributed by atoms with Gasteiger partial charge in [0.05, 0.1) is 5.92 Å². The van der Waals surface area contributed by atoms with Gasteiger partial charge in [0.25, 0.3) is 0 Å². The van der Waals surface area contributed by atoms with Crippen molar-refractivity contribution in [3.8, 4) is 0 Å². The Kier molecular flexibility index (Phi) is 7.42. The first-order valence-electron chi connectivity index (χ1n) is 4.64. The van der Waals surface area contributed by atoms with Gasteiger partial charge in [-0.15, -0.1) is 6.58 Å². The lowest BCUT2D eigenvalue weighted by atomic mass is 10.0. The molecular formula is C11H16O3. The molecule has 0 fully saturated rings. The summed E-state index contributed by atoms with van der Waals surface area (Å²) in [6.07, 6.45) is 8.27. The fourth-order valence-electron chi connectivity index (χ4n) is 1.04. The van der Waals surface area contributed by atoms with Crippen molar-refractivity contribution >= 4 is 12.3 Å². The van der Waals surface area contributed by atoms with Gasteiger partial charge in [0.1, 0.15) is 6.29 Å². The highest BCUT2D eigenvalue weighted by atomic mass is 16.4. The lowest BCUT2D eigenvalue weighted by Crippen LogP contribution is -2.11. The van der Waals surface area contributed by atoms with Crippen LogP contribution in [0.2, 0.25) is 0 Å². The normalized spacial score (nSPS) is 12.6. The second-order valence-corrected chi connectivity index (χ2v) is 3.01. The molecule has 0 rings (SSSR count). The molecule has 0 radical (unpaired) electrons. The molecule has 0 aliphatic carbocycles. The summed E-state index contributed by atoms with van der Waals surface area (Å²) in [6, 6.07) is 0. The van der Waals surface area contributed by atoms with E-state index < -0.39 is 5.97 Å². The van der Waals surface area contributed by atoms with Crippen molar-refractivity contribution in [1.82, 2.24) is 0 Å². The van der Waals surface area contributed by atoms with E-state index in [4.69, 9.17) is 5.11 Å². The fraction of sp³-hybridized carbons (Fsp3) is 0.455.